The number of carbonyl (C=O) groups is 1. The van der Waals surface area contributed by atoms with Crippen molar-refractivity contribution in [3.05, 3.63) is 96.1 Å². The Labute approximate surface area is 168 Å². The van der Waals surface area contributed by atoms with E-state index in [0.29, 0.717) is 17.4 Å². The van der Waals surface area contributed by atoms with Crippen LogP contribution in [0.4, 0.5) is 11.5 Å². The van der Waals surface area contributed by atoms with E-state index < -0.39 is 0 Å². The number of nitrogens with zero attached hydrogens (tertiary/aromatic N) is 2. The number of anilines is 2. The predicted molar refractivity (Wildman–Crippen MR) is 112 cm³/mol. The number of aromatic nitrogens is 2. The van der Waals surface area contributed by atoms with Crippen molar-refractivity contribution in [1.29, 1.82) is 0 Å². The number of hydrogen-bond acceptors (Lipinski definition) is 5. The van der Waals surface area contributed by atoms with Crippen molar-refractivity contribution in [3.8, 4) is 11.4 Å². The summed E-state index contributed by atoms with van der Waals surface area (Å²) < 4.78 is 5.27. The fraction of sp³-hybridized carbons (Fsp3) is 0.0870. The maximum absolute atomic E-state index is 12.7. The summed E-state index contributed by atoms with van der Waals surface area (Å²) in [5.41, 5.74) is 3.13. The second-order valence-electron chi connectivity index (χ2n) is 6.58. The van der Waals surface area contributed by atoms with Gasteiger partial charge in [-0.1, -0.05) is 42.5 Å². The number of hydrogen-bond donors (Lipinski definition) is 2. The molecule has 2 aromatic heterocycles. The van der Waals surface area contributed by atoms with Gasteiger partial charge in [0.25, 0.3) is 5.91 Å². The predicted octanol–water partition coefficient (Wildman–Crippen LogP) is 4.72. The molecule has 0 aliphatic heterocycles. The van der Waals surface area contributed by atoms with Gasteiger partial charge in [0, 0.05) is 17.3 Å². The fourth-order valence-electron chi connectivity index (χ4n) is 2.89. The van der Waals surface area contributed by atoms with Crippen LogP contribution in [0.1, 0.15) is 21.8 Å². The standard InChI is InChI=1S/C23H20N4O2/c1-16-7-5-10-18(13-16)25-21-14-20(23(28)24-15-19-11-6-12-29-19)26-22(27-21)17-8-3-2-4-9-17/h2-14H,15H2,1H3,(H,24,28)(H,25,26,27). The minimum atomic E-state index is -0.298. The van der Waals surface area contributed by atoms with E-state index in [1.165, 1.54) is 0 Å². The lowest BCUT2D eigenvalue weighted by atomic mass is 10.2. The lowest BCUT2D eigenvalue weighted by Crippen LogP contribution is -2.24. The van der Waals surface area contributed by atoms with Crippen LogP contribution in [0.15, 0.2) is 83.5 Å². The Kier molecular flexibility index (Phi) is 5.33. The van der Waals surface area contributed by atoms with Crippen molar-refractivity contribution in [1.82, 2.24) is 15.3 Å². The summed E-state index contributed by atoms with van der Waals surface area (Å²) in [6.07, 6.45) is 1.57. The summed E-state index contributed by atoms with van der Waals surface area (Å²) in [7, 11) is 0. The molecule has 2 heterocycles. The van der Waals surface area contributed by atoms with E-state index in [9.17, 15) is 4.79 Å². The molecule has 0 fully saturated rings. The molecule has 1 amide bonds. The van der Waals surface area contributed by atoms with Gasteiger partial charge in [-0.3, -0.25) is 4.79 Å². The Morgan fingerprint density at radius 1 is 0.966 bits per heavy atom. The quantitative estimate of drug-likeness (QED) is 0.503. The smallest absolute Gasteiger partial charge is 0.270 e. The molecule has 4 rings (SSSR count). The van der Waals surface area contributed by atoms with Gasteiger partial charge in [-0.25, -0.2) is 9.97 Å². The Morgan fingerprint density at radius 3 is 2.59 bits per heavy atom. The number of rotatable bonds is 6. The van der Waals surface area contributed by atoms with Gasteiger partial charge in [-0.2, -0.15) is 0 Å². The lowest BCUT2D eigenvalue weighted by molar-refractivity contribution is 0.0943. The molecule has 0 radical (unpaired) electrons. The van der Waals surface area contributed by atoms with Gasteiger partial charge in [-0.05, 0) is 36.8 Å². The first kappa shape index (κ1) is 18.4. The molecule has 4 aromatic rings. The third kappa shape index (κ3) is 4.68. The highest BCUT2D eigenvalue weighted by atomic mass is 16.3. The van der Waals surface area contributed by atoms with Crippen molar-refractivity contribution in [3.63, 3.8) is 0 Å². The van der Waals surface area contributed by atoms with Crippen molar-refractivity contribution in [2.24, 2.45) is 0 Å². The average molecular weight is 384 g/mol. The second-order valence-corrected chi connectivity index (χ2v) is 6.58. The minimum absolute atomic E-state index is 0.278. The molecule has 0 saturated carbocycles. The number of benzene rings is 2. The lowest BCUT2D eigenvalue weighted by Gasteiger charge is -2.11. The van der Waals surface area contributed by atoms with Gasteiger partial charge in [-0.15, -0.1) is 0 Å². The van der Waals surface area contributed by atoms with Crippen LogP contribution in [0.2, 0.25) is 0 Å². The van der Waals surface area contributed by atoms with Crippen molar-refractivity contribution in [2.45, 2.75) is 13.5 Å². The Hall–Kier alpha value is -3.93. The largest absolute Gasteiger partial charge is 0.467 e. The van der Waals surface area contributed by atoms with E-state index in [2.05, 4.69) is 20.6 Å². The molecule has 6 heteroatoms. The van der Waals surface area contributed by atoms with E-state index in [1.54, 1.807) is 24.5 Å². The molecule has 29 heavy (non-hydrogen) atoms. The van der Waals surface area contributed by atoms with Gasteiger partial charge < -0.3 is 15.1 Å². The van der Waals surface area contributed by atoms with E-state index in [-0.39, 0.29) is 18.1 Å². The Morgan fingerprint density at radius 2 is 1.83 bits per heavy atom. The van der Waals surface area contributed by atoms with E-state index in [0.717, 1.165) is 16.8 Å². The molecule has 0 aliphatic rings. The van der Waals surface area contributed by atoms with Crippen LogP contribution in [0.25, 0.3) is 11.4 Å². The topological polar surface area (TPSA) is 80.0 Å². The molecule has 0 bridgehead atoms. The molecule has 0 aliphatic carbocycles. The maximum Gasteiger partial charge on any atom is 0.270 e. The first-order valence-electron chi connectivity index (χ1n) is 9.26. The highest BCUT2D eigenvalue weighted by Gasteiger charge is 2.14. The molecule has 0 spiro atoms. The summed E-state index contributed by atoms with van der Waals surface area (Å²) in [5.74, 6) is 1.40. The number of nitrogens with one attached hydrogen (secondary N) is 2. The zero-order chi connectivity index (χ0) is 20.1. The van der Waals surface area contributed by atoms with E-state index in [4.69, 9.17) is 4.42 Å². The molecule has 2 aromatic carbocycles. The van der Waals surface area contributed by atoms with E-state index >= 15 is 0 Å². The van der Waals surface area contributed by atoms with Crippen molar-refractivity contribution in [2.75, 3.05) is 5.32 Å². The van der Waals surface area contributed by atoms with Crippen LogP contribution in [-0.2, 0) is 6.54 Å². The normalized spacial score (nSPS) is 10.5. The van der Waals surface area contributed by atoms with Crippen LogP contribution < -0.4 is 10.6 Å². The average Bonchev–Trinajstić information content (AvgIpc) is 3.26. The van der Waals surface area contributed by atoms with Gasteiger partial charge in [0.1, 0.15) is 17.3 Å². The SMILES string of the molecule is Cc1cccc(Nc2cc(C(=O)NCc3ccco3)nc(-c3ccccc3)n2)c1. The molecule has 0 atom stereocenters. The summed E-state index contributed by atoms with van der Waals surface area (Å²) >= 11 is 0. The Bertz CT molecular complexity index is 1110. The van der Waals surface area contributed by atoms with E-state index in [1.807, 2.05) is 61.5 Å². The van der Waals surface area contributed by atoms with Crippen LogP contribution in [0.5, 0.6) is 0 Å². The summed E-state index contributed by atoms with van der Waals surface area (Å²) in [5, 5.41) is 6.10. The third-order valence-electron chi connectivity index (χ3n) is 4.28. The molecule has 0 saturated heterocycles. The number of aryl methyl sites for hydroxylation is 1. The molecular formula is C23H20N4O2. The highest BCUT2D eigenvalue weighted by molar-refractivity contribution is 5.93. The fourth-order valence-corrected chi connectivity index (χ4v) is 2.89. The number of amides is 1. The van der Waals surface area contributed by atoms with Crippen LogP contribution in [0.3, 0.4) is 0 Å². The van der Waals surface area contributed by atoms with Crippen LogP contribution in [0, 0.1) is 6.92 Å². The summed E-state index contributed by atoms with van der Waals surface area (Å²) in [6.45, 7) is 2.31. The molecule has 6 nitrogen and oxygen atoms in total. The van der Waals surface area contributed by atoms with Gasteiger partial charge in [0.15, 0.2) is 5.82 Å². The van der Waals surface area contributed by atoms with Crippen molar-refractivity contribution < 1.29 is 9.21 Å². The van der Waals surface area contributed by atoms with Crippen LogP contribution >= 0.6 is 0 Å². The molecule has 144 valence electrons. The number of carbonyl (C=O) groups excluding carboxylic acids is 1. The first-order valence-corrected chi connectivity index (χ1v) is 9.26. The van der Waals surface area contributed by atoms with Crippen molar-refractivity contribution >= 4 is 17.4 Å². The number of furan rings is 1. The summed E-state index contributed by atoms with van der Waals surface area (Å²) in [4.78, 5) is 21.8. The second kappa shape index (κ2) is 8.39. The summed E-state index contributed by atoms with van der Waals surface area (Å²) in [6, 6.07) is 22.8. The van der Waals surface area contributed by atoms with Crippen LogP contribution in [-0.4, -0.2) is 15.9 Å². The molecule has 2 N–H and O–H groups in total. The molecule has 0 unspecified atom stereocenters. The molecular weight excluding hydrogens is 364 g/mol. The highest BCUT2D eigenvalue weighted by Crippen LogP contribution is 2.21. The first-order chi connectivity index (χ1) is 14.2. The zero-order valence-electron chi connectivity index (χ0n) is 15.9. The monoisotopic (exact) mass is 384 g/mol. The van der Waals surface area contributed by atoms with Gasteiger partial charge in [0.05, 0.1) is 12.8 Å². The Balaban J connectivity index is 1.65. The van der Waals surface area contributed by atoms with Gasteiger partial charge in [0.2, 0.25) is 0 Å². The maximum atomic E-state index is 12.7. The minimum Gasteiger partial charge on any atom is -0.467 e. The van der Waals surface area contributed by atoms with Gasteiger partial charge >= 0.3 is 0 Å². The third-order valence-corrected chi connectivity index (χ3v) is 4.28. The zero-order valence-corrected chi connectivity index (χ0v) is 15.9.